The van der Waals surface area contributed by atoms with Crippen LogP contribution in [0.4, 0.5) is 5.69 Å². The van der Waals surface area contributed by atoms with Crippen LogP contribution < -0.4 is 16.4 Å². The van der Waals surface area contributed by atoms with Crippen LogP contribution in [0.25, 0.3) is 0 Å². The van der Waals surface area contributed by atoms with E-state index in [4.69, 9.17) is 15.2 Å². The molecule has 1 aromatic heterocycles. The number of nitrogens with one attached hydrogen (secondary N) is 2. The highest BCUT2D eigenvalue weighted by molar-refractivity contribution is 5.98. The lowest BCUT2D eigenvalue weighted by atomic mass is 9.89. The van der Waals surface area contributed by atoms with E-state index < -0.39 is 30.2 Å². The fraction of sp³-hybridized carbons (Fsp3) is 0.605. The van der Waals surface area contributed by atoms with Gasteiger partial charge in [-0.1, -0.05) is 47.1 Å². The maximum atomic E-state index is 14.1. The number of ether oxygens (including phenoxy) is 2. The summed E-state index contributed by atoms with van der Waals surface area (Å²) in [6.45, 7) is 10.7. The van der Waals surface area contributed by atoms with Crippen LogP contribution in [-0.4, -0.2) is 103 Å². The van der Waals surface area contributed by atoms with Crippen molar-refractivity contribution in [1.29, 1.82) is 0 Å². The molecule has 4 N–H and O–H groups in total. The Labute approximate surface area is 297 Å². The van der Waals surface area contributed by atoms with Gasteiger partial charge in [0.2, 0.25) is 17.7 Å². The van der Waals surface area contributed by atoms with E-state index in [0.29, 0.717) is 37.2 Å². The molecule has 0 spiro atoms. The van der Waals surface area contributed by atoms with Crippen LogP contribution in [0.5, 0.6) is 0 Å². The van der Waals surface area contributed by atoms with Crippen molar-refractivity contribution in [2.45, 2.75) is 97.1 Å². The predicted octanol–water partition coefficient (Wildman–Crippen LogP) is 3.70. The molecular formula is C38H58N6O6. The summed E-state index contributed by atoms with van der Waals surface area (Å²) in [4.78, 5) is 62.2. The van der Waals surface area contributed by atoms with Crippen molar-refractivity contribution in [3.05, 3.63) is 59.9 Å². The number of nitrogens with two attached hydrogens (primary N) is 1. The number of nitrogen functional groups attached to an aromatic ring is 1. The number of hydrogen-bond donors (Lipinski definition) is 3. The molecule has 7 atom stereocenters. The second-order valence-corrected chi connectivity index (χ2v) is 13.8. The average Bonchev–Trinajstić information content (AvgIpc) is 3.60. The quantitative estimate of drug-likeness (QED) is 0.200. The number of aromatic nitrogens is 1. The molecule has 0 bridgehead atoms. The van der Waals surface area contributed by atoms with Crippen LogP contribution in [0, 0.1) is 17.8 Å². The van der Waals surface area contributed by atoms with Crippen LogP contribution in [0.15, 0.2) is 48.7 Å². The van der Waals surface area contributed by atoms with Gasteiger partial charge in [0.05, 0.1) is 36.6 Å². The highest BCUT2D eigenvalue weighted by Crippen LogP contribution is 2.29. The molecular weight excluding hydrogens is 636 g/mol. The van der Waals surface area contributed by atoms with E-state index in [1.165, 1.54) is 0 Å². The van der Waals surface area contributed by atoms with Crippen molar-refractivity contribution in [1.82, 2.24) is 25.4 Å². The van der Waals surface area contributed by atoms with Gasteiger partial charge >= 0.3 is 0 Å². The molecule has 3 rings (SSSR count). The van der Waals surface area contributed by atoms with Crippen LogP contribution in [-0.2, 0) is 30.3 Å². The van der Waals surface area contributed by atoms with Gasteiger partial charge in [0, 0.05) is 63.9 Å². The van der Waals surface area contributed by atoms with Gasteiger partial charge < -0.3 is 35.6 Å². The number of likely N-dealkylation sites (N-methyl/N-ethyl adjacent to an activating group) is 1. The number of carbonyl (C=O) groups excluding carboxylic acids is 4. The Kier molecular flexibility index (Phi) is 15.7. The molecule has 1 aromatic carbocycles. The highest BCUT2D eigenvalue weighted by Gasteiger charge is 2.42. The summed E-state index contributed by atoms with van der Waals surface area (Å²) in [6.07, 6.45) is 3.53. The van der Waals surface area contributed by atoms with E-state index in [1.54, 1.807) is 56.6 Å². The van der Waals surface area contributed by atoms with E-state index in [2.05, 4.69) is 15.6 Å². The summed E-state index contributed by atoms with van der Waals surface area (Å²) in [5.41, 5.74) is 7.63. The van der Waals surface area contributed by atoms with Gasteiger partial charge in [0.25, 0.3) is 5.91 Å². The number of nitrogens with zero attached hydrogens (tertiary/aromatic N) is 3. The Hall–Kier alpha value is -4.03. The lowest BCUT2D eigenvalue weighted by molar-refractivity contribution is -0.146. The molecule has 1 fully saturated rings. The molecule has 2 aromatic rings. The number of rotatable bonds is 18. The van der Waals surface area contributed by atoms with Crippen molar-refractivity contribution < 1.29 is 28.7 Å². The monoisotopic (exact) mass is 694 g/mol. The minimum atomic E-state index is -0.799. The molecule has 1 saturated heterocycles. The van der Waals surface area contributed by atoms with Gasteiger partial charge in [0.15, 0.2) is 0 Å². The van der Waals surface area contributed by atoms with Gasteiger partial charge in [-0.05, 0) is 61.1 Å². The number of amides is 4. The standard InChI is InChI=1S/C38H58N6O6/c1-9-25(4)34(43(6)38(48)33(24(2)3)42-37(47)27-15-17-28(39)18-16-27)31(49-7)23-32(45)44-22-12-14-30(44)35(50-8)26(5)36(46)41-21-19-29-13-10-11-20-40-29/h10-11,13,15-18,20,24-26,30-31,33-35H,9,12,14,19,21-23,39H2,1-8H3,(H,41,46)(H,42,47)/t25-,26+,30-,31+,33-,34-,35+/m0/s1. The maximum Gasteiger partial charge on any atom is 0.251 e. The van der Waals surface area contributed by atoms with E-state index in [0.717, 1.165) is 18.5 Å². The molecule has 12 heteroatoms. The Morgan fingerprint density at radius 1 is 1.04 bits per heavy atom. The molecule has 276 valence electrons. The fourth-order valence-electron chi connectivity index (χ4n) is 6.92. The summed E-state index contributed by atoms with van der Waals surface area (Å²) in [7, 11) is 4.86. The van der Waals surface area contributed by atoms with E-state index in [9.17, 15) is 19.2 Å². The first-order valence-electron chi connectivity index (χ1n) is 17.8. The normalized spacial score (nSPS) is 18.1. The minimum absolute atomic E-state index is 0.0155. The summed E-state index contributed by atoms with van der Waals surface area (Å²) in [5.74, 6) is -1.59. The molecule has 0 unspecified atom stereocenters. The number of anilines is 1. The number of likely N-dealkylation sites (tertiary alicyclic amines) is 1. The van der Waals surface area contributed by atoms with Gasteiger partial charge in [-0.3, -0.25) is 24.2 Å². The average molecular weight is 695 g/mol. The molecule has 0 saturated carbocycles. The lowest BCUT2D eigenvalue weighted by Crippen LogP contribution is -2.57. The summed E-state index contributed by atoms with van der Waals surface area (Å²) < 4.78 is 11.9. The predicted molar refractivity (Wildman–Crippen MR) is 194 cm³/mol. The molecule has 1 aliphatic rings. The molecule has 1 aliphatic heterocycles. The van der Waals surface area contributed by atoms with Crippen LogP contribution in [0.1, 0.15) is 76.4 Å². The van der Waals surface area contributed by atoms with Crippen molar-refractivity contribution in [3.8, 4) is 0 Å². The Balaban J connectivity index is 1.72. The van der Waals surface area contributed by atoms with Gasteiger partial charge in [-0.15, -0.1) is 0 Å². The van der Waals surface area contributed by atoms with Gasteiger partial charge in [0.1, 0.15) is 6.04 Å². The van der Waals surface area contributed by atoms with Gasteiger partial charge in [-0.2, -0.15) is 0 Å². The van der Waals surface area contributed by atoms with Crippen LogP contribution in [0.3, 0.4) is 0 Å². The summed E-state index contributed by atoms with van der Waals surface area (Å²) in [6, 6.07) is 10.7. The Bertz CT molecular complexity index is 1390. The van der Waals surface area contributed by atoms with E-state index in [1.807, 2.05) is 57.7 Å². The largest absolute Gasteiger partial charge is 0.399 e. The Morgan fingerprint density at radius 3 is 2.32 bits per heavy atom. The van der Waals surface area contributed by atoms with Gasteiger partial charge in [-0.25, -0.2) is 0 Å². The van der Waals surface area contributed by atoms with Crippen LogP contribution >= 0.6 is 0 Å². The molecule has 0 aliphatic carbocycles. The van der Waals surface area contributed by atoms with Crippen molar-refractivity contribution in [3.63, 3.8) is 0 Å². The molecule has 4 amide bonds. The summed E-state index contributed by atoms with van der Waals surface area (Å²) in [5, 5.41) is 5.92. The molecule has 2 heterocycles. The van der Waals surface area contributed by atoms with Crippen molar-refractivity contribution >= 4 is 29.3 Å². The zero-order valence-corrected chi connectivity index (χ0v) is 31.1. The molecule has 12 nitrogen and oxygen atoms in total. The minimum Gasteiger partial charge on any atom is -0.399 e. The third-order valence-corrected chi connectivity index (χ3v) is 10.1. The third-order valence-electron chi connectivity index (χ3n) is 10.1. The van der Waals surface area contributed by atoms with Crippen molar-refractivity contribution in [2.75, 3.05) is 40.1 Å². The zero-order valence-electron chi connectivity index (χ0n) is 31.1. The summed E-state index contributed by atoms with van der Waals surface area (Å²) >= 11 is 0. The molecule has 0 radical (unpaired) electrons. The first kappa shape index (κ1) is 40.4. The third kappa shape index (κ3) is 10.5. The zero-order chi connectivity index (χ0) is 37.0. The second-order valence-electron chi connectivity index (χ2n) is 13.8. The van der Waals surface area contributed by atoms with E-state index in [-0.39, 0.29) is 47.9 Å². The smallest absolute Gasteiger partial charge is 0.251 e. The van der Waals surface area contributed by atoms with Crippen LogP contribution in [0.2, 0.25) is 0 Å². The highest BCUT2D eigenvalue weighted by atomic mass is 16.5. The first-order chi connectivity index (χ1) is 23.8. The van der Waals surface area contributed by atoms with Crippen molar-refractivity contribution in [2.24, 2.45) is 17.8 Å². The first-order valence-corrected chi connectivity index (χ1v) is 17.8. The number of carbonyl (C=O) groups is 4. The molecule has 50 heavy (non-hydrogen) atoms. The lowest BCUT2D eigenvalue weighted by Gasteiger charge is -2.40. The number of pyridine rings is 1. The number of methoxy groups -OCH3 is 2. The second kappa shape index (κ2) is 19.4. The number of hydrogen-bond acceptors (Lipinski definition) is 8. The SMILES string of the molecule is CC[C@H](C)[C@@H]([C@@H](CC(=O)N1CCC[C@H]1[C@H](OC)[C@@H](C)C(=O)NCCc1ccccn1)OC)N(C)C(=O)[C@@H](NC(=O)c1ccc(N)cc1)C(C)C. The van der Waals surface area contributed by atoms with E-state index >= 15 is 0 Å². The maximum absolute atomic E-state index is 14.1. The number of benzene rings is 1. The fourth-order valence-corrected chi connectivity index (χ4v) is 6.92. The topological polar surface area (TPSA) is 156 Å². The Morgan fingerprint density at radius 2 is 1.74 bits per heavy atom.